The van der Waals surface area contributed by atoms with E-state index in [0.717, 1.165) is 48.5 Å². The van der Waals surface area contributed by atoms with Crippen LogP contribution in [0.3, 0.4) is 0 Å². The van der Waals surface area contributed by atoms with Crippen molar-refractivity contribution < 1.29 is 32.5 Å². The molecule has 6 rings (SSSR count). The highest BCUT2D eigenvalue weighted by Gasteiger charge is 2.43. The number of piperazine rings is 1. The lowest BCUT2D eigenvalue weighted by atomic mass is 10.1. The van der Waals surface area contributed by atoms with Crippen molar-refractivity contribution in [1.82, 2.24) is 24.5 Å². The second kappa shape index (κ2) is 12.1. The zero-order chi connectivity index (χ0) is 30.7. The van der Waals surface area contributed by atoms with Gasteiger partial charge in [0.05, 0.1) is 37.2 Å². The van der Waals surface area contributed by atoms with Crippen LogP contribution in [0.2, 0.25) is 0 Å². The molecule has 2 atom stereocenters. The first-order valence-corrected chi connectivity index (χ1v) is 13.4. The van der Waals surface area contributed by atoms with Crippen LogP contribution in [0.15, 0.2) is 55.1 Å². The minimum absolute atomic E-state index is 0.451. The van der Waals surface area contributed by atoms with Gasteiger partial charge in [-0.2, -0.15) is 23.5 Å². The number of hydrogen-bond donors (Lipinski definition) is 1. The van der Waals surface area contributed by atoms with Crippen LogP contribution in [0.1, 0.15) is 24.5 Å². The van der Waals surface area contributed by atoms with Gasteiger partial charge >= 0.3 is 12.1 Å². The quantitative estimate of drug-likeness (QED) is 0.332. The molecule has 4 aromatic heterocycles. The molecule has 0 amide bonds. The van der Waals surface area contributed by atoms with Crippen molar-refractivity contribution in [1.29, 1.82) is 5.26 Å². The SMILES string of the molecule is CCOc1cc(-c2ccc(N3C[C@@H]4C[C@H]3CN4Cc3ccc(OC)nc3)nc2)c2c(C#N)cnn2c1.O=C(O)C(F)(F)F. The number of aliphatic carboxylic acids is 1. The molecule has 43 heavy (non-hydrogen) atoms. The molecule has 2 aliphatic heterocycles. The number of likely N-dealkylation sites (tertiary alicyclic amines) is 1. The smallest absolute Gasteiger partial charge is 0.490 e. The Bertz CT molecular complexity index is 1640. The topological polar surface area (TPSA) is 129 Å². The van der Waals surface area contributed by atoms with E-state index in [-0.39, 0.29) is 0 Å². The zero-order valence-corrected chi connectivity index (χ0v) is 23.3. The van der Waals surface area contributed by atoms with Crippen molar-refractivity contribution in [3.63, 3.8) is 0 Å². The van der Waals surface area contributed by atoms with Gasteiger partial charge in [-0.05, 0) is 37.1 Å². The Morgan fingerprint density at radius 3 is 2.49 bits per heavy atom. The van der Waals surface area contributed by atoms with Crippen LogP contribution in [-0.4, -0.2) is 80.6 Å². The Morgan fingerprint density at radius 1 is 1.14 bits per heavy atom. The van der Waals surface area contributed by atoms with Crippen LogP contribution in [0.5, 0.6) is 11.6 Å². The van der Waals surface area contributed by atoms with Crippen LogP contribution in [0.25, 0.3) is 16.6 Å². The minimum atomic E-state index is -5.08. The van der Waals surface area contributed by atoms with E-state index in [2.05, 4.69) is 44.2 Å². The molecule has 0 aliphatic carbocycles. The molecular formula is C29H28F3N7O4. The average Bonchev–Trinajstić information content (AvgIpc) is 3.72. The lowest BCUT2D eigenvalue weighted by Gasteiger charge is -2.35. The fourth-order valence-corrected chi connectivity index (χ4v) is 5.44. The third kappa shape index (κ3) is 6.31. The van der Waals surface area contributed by atoms with Crippen molar-refractivity contribution in [3.8, 4) is 28.8 Å². The summed E-state index contributed by atoms with van der Waals surface area (Å²) in [4.78, 5) is 23.0. The number of anilines is 1. The predicted molar refractivity (Wildman–Crippen MR) is 149 cm³/mol. The number of methoxy groups -OCH3 is 1. The van der Waals surface area contributed by atoms with E-state index >= 15 is 0 Å². The lowest BCUT2D eigenvalue weighted by molar-refractivity contribution is -0.192. The largest absolute Gasteiger partial charge is 0.492 e. The zero-order valence-electron chi connectivity index (χ0n) is 23.3. The molecule has 224 valence electrons. The Kier molecular flexibility index (Phi) is 8.36. The second-order valence-corrected chi connectivity index (χ2v) is 10.0. The van der Waals surface area contributed by atoms with Gasteiger partial charge in [-0.15, -0.1) is 0 Å². The van der Waals surface area contributed by atoms with Gasteiger partial charge in [-0.1, -0.05) is 6.07 Å². The summed E-state index contributed by atoms with van der Waals surface area (Å²) in [7, 11) is 1.64. The summed E-state index contributed by atoms with van der Waals surface area (Å²) in [5.74, 6) is -0.416. The van der Waals surface area contributed by atoms with Gasteiger partial charge in [0.25, 0.3) is 0 Å². The summed E-state index contributed by atoms with van der Waals surface area (Å²) in [6.45, 7) is 5.38. The molecule has 2 bridgehead atoms. The number of carbonyl (C=O) groups is 1. The predicted octanol–water partition coefficient (Wildman–Crippen LogP) is 4.17. The fourth-order valence-electron chi connectivity index (χ4n) is 5.44. The molecule has 2 fully saturated rings. The molecule has 4 aromatic rings. The lowest BCUT2D eigenvalue weighted by Crippen LogP contribution is -2.46. The van der Waals surface area contributed by atoms with Gasteiger partial charge < -0.3 is 19.5 Å². The van der Waals surface area contributed by atoms with Gasteiger partial charge in [0, 0.05) is 61.3 Å². The number of hydrogen-bond acceptors (Lipinski definition) is 9. The first-order valence-electron chi connectivity index (χ1n) is 13.4. The van der Waals surface area contributed by atoms with E-state index in [1.165, 1.54) is 5.56 Å². The number of carboxylic acid groups (broad SMARTS) is 1. The van der Waals surface area contributed by atoms with Gasteiger partial charge in [0.15, 0.2) is 0 Å². The van der Waals surface area contributed by atoms with Crippen molar-refractivity contribution in [2.24, 2.45) is 0 Å². The van der Waals surface area contributed by atoms with E-state index in [9.17, 15) is 18.4 Å². The van der Waals surface area contributed by atoms with Crippen molar-refractivity contribution >= 4 is 17.3 Å². The van der Waals surface area contributed by atoms with E-state index in [4.69, 9.17) is 24.4 Å². The average molecular weight is 596 g/mol. The summed E-state index contributed by atoms with van der Waals surface area (Å²) in [6.07, 6.45) is 3.25. The van der Waals surface area contributed by atoms with Gasteiger partial charge in [-0.3, -0.25) is 4.90 Å². The molecule has 14 heteroatoms. The first kappa shape index (κ1) is 29.6. The van der Waals surface area contributed by atoms with Gasteiger partial charge in [-0.25, -0.2) is 19.3 Å². The molecule has 0 aromatic carbocycles. The molecule has 0 spiro atoms. The maximum absolute atomic E-state index is 10.6. The Labute approximate surface area is 244 Å². The molecule has 0 radical (unpaired) electrons. The standard InChI is InChI=1S/C27H27N7O2.C2HF3O2/c1-3-36-23-9-24(27-20(10-28)13-31-34(27)17-23)19-5-6-25(29-12-19)33-16-21-8-22(33)15-32(21)14-18-4-7-26(35-2)30-11-18;3-2(4,5)1(6)7/h4-7,9,11-13,17,21-22H,3,8,14-16H2,1-2H3;(H,6,7)/t21-,22-;/m0./s1. The summed E-state index contributed by atoms with van der Waals surface area (Å²) in [6, 6.07) is 13.3. The third-order valence-electron chi connectivity index (χ3n) is 7.36. The normalized spacial score (nSPS) is 17.8. The Morgan fingerprint density at radius 2 is 1.93 bits per heavy atom. The number of alkyl halides is 3. The second-order valence-electron chi connectivity index (χ2n) is 10.0. The summed E-state index contributed by atoms with van der Waals surface area (Å²) in [5, 5.41) is 21.1. The number of nitrogens with zero attached hydrogens (tertiary/aromatic N) is 7. The van der Waals surface area contributed by atoms with Gasteiger partial charge in [0.2, 0.25) is 5.88 Å². The van der Waals surface area contributed by atoms with Crippen LogP contribution in [-0.2, 0) is 11.3 Å². The molecule has 1 N–H and O–H groups in total. The number of carboxylic acids is 1. The number of pyridine rings is 3. The van der Waals surface area contributed by atoms with Crippen molar-refractivity contribution in [2.75, 3.05) is 31.7 Å². The Hall–Kier alpha value is -4.90. The summed E-state index contributed by atoms with van der Waals surface area (Å²) < 4.78 is 44.3. The van der Waals surface area contributed by atoms with Crippen LogP contribution < -0.4 is 14.4 Å². The van der Waals surface area contributed by atoms with Crippen molar-refractivity contribution in [2.45, 2.75) is 38.1 Å². The minimum Gasteiger partial charge on any atom is -0.492 e. The highest BCUT2D eigenvalue weighted by atomic mass is 19.4. The highest BCUT2D eigenvalue weighted by molar-refractivity contribution is 5.85. The molecule has 2 saturated heterocycles. The number of rotatable bonds is 7. The molecule has 2 aliphatic rings. The number of ether oxygens (including phenoxy) is 2. The van der Waals surface area contributed by atoms with Crippen LogP contribution >= 0.6 is 0 Å². The Balaban J connectivity index is 0.000000472. The van der Waals surface area contributed by atoms with Crippen LogP contribution in [0, 0.1) is 11.3 Å². The molecule has 0 unspecified atom stereocenters. The number of halogens is 3. The summed E-state index contributed by atoms with van der Waals surface area (Å²) >= 11 is 0. The number of aromatic nitrogens is 4. The molecular weight excluding hydrogens is 567 g/mol. The maximum atomic E-state index is 10.6. The van der Waals surface area contributed by atoms with E-state index in [1.54, 1.807) is 24.0 Å². The third-order valence-corrected chi connectivity index (χ3v) is 7.36. The summed E-state index contributed by atoms with van der Waals surface area (Å²) in [5.41, 5.74) is 4.31. The van der Waals surface area contributed by atoms with E-state index in [1.807, 2.05) is 31.5 Å². The first-order chi connectivity index (χ1) is 20.6. The fraction of sp³-hybridized carbons (Fsp3) is 0.345. The van der Waals surface area contributed by atoms with E-state index < -0.39 is 12.1 Å². The highest BCUT2D eigenvalue weighted by Crippen LogP contribution is 2.36. The molecule has 6 heterocycles. The number of nitriles is 1. The monoisotopic (exact) mass is 595 g/mol. The number of fused-ring (bicyclic) bond motifs is 3. The van der Waals surface area contributed by atoms with Gasteiger partial charge in [0.1, 0.15) is 17.6 Å². The molecule has 0 saturated carbocycles. The van der Waals surface area contributed by atoms with Crippen LogP contribution in [0.4, 0.5) is 19.0 Å². The molecule has 11 nitrogen and oxygen atoms in total. The van der Waals surface area contributed by atoms with Crippen molar-refractivity contribution in [3.05, 3.63) is 66.2 Å². The van der Waals surface area contributed by atoms with E-state index in [0.29, 0.717) is 35.9 Å². The maximum Gasteiger partial charge on any atom is 0.490 e.